The normalized spacial score (nSPS) is 26.9. The Kier molecular flexibility index (Phi) is 5.90. The lowest BCUT2D eigenvalue weighted by Gasteiger charge is -2.28. The van der Waals surface area contributed by atoms with Gasteiger partial charge in [-0.15, -0.1) is 0 Å². The molecule has 0 spiro atoms. The van der Waals surface area contributed by atoms with Crippen LogP contribution in [-0.4, -0.2) is 72.4 Å². The first kappa shape index (κ1) is 22.9. The predicted molar refractivity (Wildman–Crippen MR) is 123 cm³/mol. The molecule has 1 saturated heterocycles. The van der Waals surface area contributed by atoms with Crippen molar-refractivity contribution < 1.29 is 24.8 Å². The highest BCUT2D eigenvalue weighted by atomic mass is 16.6. The maximum absolute atomic E-state index is 10.4. The molecular weight excluding hydrogens is 440 g/mol. The summed E-state index contributed by atoms with van der Waals surface area (Å²) in [6, 6.07) is 6.41. The van der Waals surface area contributed by atoms with Gasteiger partial charge >= 0.3 is 0 Å². The molecule has 5 N–H and O–H groups in total. The molecule has 5 rings (SSSR count). The molecule has 34 heavy (non-hydrogen) atoms. The van der Waals surface area contributed by atoms with Crippen LogP contribution in [0.25, 0.3) is 11.2 Å². The number of aliphatic hydroxyl groups excluding tert-OH is 3. The summed E-state index contributed by atoms with van der Waals surface area (Å²) in [5, 5.41) is 29.8. The molecule has 4 heterocycles. The summed E-state index contributed by atoms with van der Waals surface area (Å²) < 4.78 is 13.2. The first-order valence-corrected chi connectivity index (χ1v) is 11.3. The topological polar surface area (TPSA) is 147 Å². The van der Waals surface area contributed by atoms with E-state index in [2.05, 4.69) is 64.8 Å². The van der Waals surface area contributed by atoms with Crippen molar-refractivity contribution in [2.45, 2.75) is 63.2 Å². The van der Waals surface area contributed by atoms with Gasteiger partial charge in [0, 0.05) is 0 Å². The molecule has 0 radical (unpaired) electrons. The zero-order chi connectivity index (χ0) is 24.0. The Morgan fingerprint density at radius 3 is 2.71 bits per heavy atom. The fourth-order valence-corrected chi connectivity index (χ4v) is 4.34. The quantitative estimate of drug-likeness (QED) is 0.337. The van der Waals surface area contributed by atoms with Crippen molar-refractivity contribution in [2.75, 3.05) is 18.6 Å². The lowest BCUT2D eigenvalue weighted by Crippen LogP contribution is -2.42. The van der Waals surface area contributed by atoms with Crippen molar-refractivity contribution >= 4 is 17.0 Å². The average Bonchev–Trinajstić information content (AvgIpc) is 3.37. The van der Waals surface area contributed by atoms with E-state index in [4.69, 9.17) is 9.47 Å². The third kappa shape index (κ3) is 4.10. The number of anilines is 1. The summed E-state index contributed by atoms with van der Waals surface area (Å²) >= 11 is 0. The van der Waals surface area contributed by atoms with Crippen molar-refractivity contribution in [1.29, 1.82) is 0 Å². The number of benzene rings is 1. The van der Waals surface area contributed by atoms with Gasteiger partial charge in [-0.05, 0) is 29.0 Å². The van der Waals surface area contributed by atoms with Gasteiger partial charge in [0.15, 0.2) is 23.2 Å². The van der Waals surface area contributed by atoms with E-state index in [1.807, 2.05) is 0 Å². The summed E-state index contributed by atoms with van der Waals surface area (Å²) in [7, 11) is 0. The van der Waals surface area contributed by atoms with Crippen molar-refractivity contribution in [3.8, 4) is 5.75 Å². The number of imidazole rings is 1. The third-order valence-corrected chi connectivity index (χ3v) is 6.38. The van der Waals surface area contributed by atoms with Crippen LogP contribution in [0.2, 0.25) is 0 Å². The van der Waals surface area contributed by atoms with E-state index >= 15 is 0 Å². The lowest BCUT2D eigenvalue weighted by atomic mass is 9.85. The summed E-state index contributed by atoms with van der Waals surface area (Å²) in [5.74, 6) is 1.39. The van der Waals surface area contributed by atoms with E-state index in [0.717, 1.165) is 17.7 Å². The van der Waals surface area contributed by atoms with Crippen LogP contribution in [0, 0.1) is 0 Å². The molecule has 1 unspecified atom stereocenters. The Balaban J connectivity index is 1.29. The highest BCUT2D eigenvalue weighted by molar-refractivity contribution is 5.82. The number of nitrogens with zero attached hydrogens (tertiary/aromatic N) is 4. The standard InChI is InChI=1S/C23H30N6O5/c1-23(2,3)13-5-4-12-6-14(9-33-15(12)7-13)27-28-20-17-21(25-10-24-20)29(11-26-17)22-19(32)18(31)16(8-30)34-22/h4-5,7,10-11,14,16,18-19,22,27,30-32H,6,8-9H2,1-3H3,(H,24,25,28)/t14?,16-,18-,19-,22-/m1/s1. The summed E-state index contributed by atoms with van der Waals surface area (Å²) in [6.45, 7) is 6.64. The summed E-state index contributed by atoms with van der Waals surface area (Å²) in [4.78, 5) is 12.9. The zero-order valence-corrected chi connectivity index (χ0v) is 19.3. The molecule has 0 saturated carbocycles. The SMILES string of the molecule is CC(C)(C)c1ccc2c(c1)OCC(NNc1ncnc3c1ncn3[C@@H]1O[C@H](CO)[C@@H](O)[C@H]1O)C2. The second-order valence-corrected chi connectivity index (χ2v) is 9.83. The molecule has 1 fully saturated rings. The molecule has 11 heteroatoms. The van der Waals surface area contributed by atoms with Crippen molar-refractivity contribution in [3.05, 3.63) is 42.0 Å². The number of hydrogen-bond acceptors (Lipinski definition) is 10. The smallest absolute Gasteiger partial charge is 0.171 e. The molecule has 3 aromatic rings. The van der Waals surface area contributed by atoms with Gasteiger partial charge in [0.25, 0.3) is 0 Å². The number of hydrogen-bond donors (Lipinski definition) is 5. The molecule has 5 atom stereocenters. The Morgan fingerprint density at radius 2 is 1.97 bits per heavy atom. The first-order chi connectivity index (χ1) is 16.3. The van der Waals surface area contributed by atoms with E-state index in [9.17, 15) is 15.3 Å². The first-order valence-electron chi connectivity index (χ1n) is 11.3. The number of aromatic nitrogens is 4. The van der Waals surface area contributed by atoms with Crippen molar-refractivity contribution in [2.24, 2.45) is 0 Å². The van der Waals surface area contributed by atoms with E-state index < -0.39 is 31.1 Å². The van der Waals surface area contributed by atoms with Crippen LogP contribution < -0.4 is 15.6 Å². The third-order valence-electron chi connectivity index (χ3n) is 6.38. The highest BCUT2D eigenvalue weighted by Gasteiger charge is 2.44. The maximum atomic E-state index is 10.4. The van der Waals surface area contributed by atoms with E-state index in [-0.39, 0.29) is 11.5 Å². The molecule has 2 aliphatic rings. The van der Waals surface area contributed by atoms with Gasteiger partial charge in [-0.1, -0.05) is 32.9 Å². The minimum atomic E-state index is -1.22. The fraction of sp³-hybridized carbons (Fsp3) is 0.522. The van der Waals surface area contributed by atoms with Crippen LogP contribution in [0.4, 0.5) is 5.82 Å². The molecular formula is C23H30N6O5. The molecule has 0 amide bonds. The number of rotatable bonds is 5. The highest BCUT2D eigenvalue weighted by Crippen LogP contribution is 2.33. The summed E-state index contributed by atoms with van der Waals surface area (Å²) in [5.41, 5.74) is 9.72. The van der Waals surface area contributed by atoms with Crippen LogP contribution in [0.3, 0.4) is 0 Å². The Bertz CT molecular complexity index is 1180. The number of ether oxygens (including phenoxy) is 2. The minimum absolute atomic E-state index is 0.0144. The maximum Gasteiger partial charge on any atom is 0.171 e. The lowest BCUT2D eigenvalue weighted by molar-refractivity contribution is -0.0511. The summed E-state index contributed by atoms with van der Waals surface area (Å²) in [6.07, 6.45) is -0.594. The minimum Gasteiger partial charge on any atom is -0.492 e. The van der Waals surface area contributed by atoms with Gasteiger partial charge in [0.05, 0.1) is 19.0 Å². The molecule has 2 aromatic heterocycles. The van der Waals surface area contributed by atoms with E-state index in [1.165, 1.54) is 22.8 Å². The largest absolute Gasteiger partial charge is 0.492 e. The molecule has 0 aliphatic carbocycles. The molecule has 182 valence electrons. The predicted octanol–water partition coefficient (Wildman–Crippen LogP) is 0.655. The Hall–Kier alpha value is -2.83. The Labute approximate surface area is 196 Å². The van der Waals surface area contributed by atoms with Crippen molar-refractivity contribution in [1.82, 2.24) is 24.9 Å². The average molecular weight is 471 g/mol. The van der Waals surface area contributed by atoms with E-state index in [1.54, 1.807) is 0 Å². The van der Waals surface area contributed by atoms with E-state index in [0.29, 0.717) is 23.6 Å². The molecule has 11 nitrogen and oxygen atoms in total. The van der Waals surface area contributed by atoms with Gasteiger partial charge < -0.3 is 30.2 Å². The van der Waals surface area contributed by atoms with Crippen LogP contribution in [0.15, 0.2) is 30.9 Å². The molecule has 1 aromatic carbocycles. The van der Waals surface area contributed by atoms with Gasteiger partial charge in [-0.25, -0.2) is 20.4 Å². The van der Waals surface area contributed by atoms with Crippen LogP contribution in [0.1, 0.15) is 38.1 Å². The van der Waals surface area contributed by atoms with Gasteiger partial charge in [-0.2, -0.15) is 0 Å². The fourth-order valence-electron chi connectivity index (χ4n) is 4.34. The molecule has 0 bridgehead atoms. The second-order valence-electron chi connectivity index (χ2n) is 9.83. The number of aliphatic hydroxyl groups is 3. The van der Waals surface area contributed by atoms with Gasteiger partial charge in [0.1, 0.15) is 37.0 Å². The number of fused-ring (bicyclic) bond motifs is 2. The second kappa shape index (κ2) is 8.75. The number of hydrazine groups is 1. The monoisotopic (exact) mass is 470 g/mol. The molecule has 2 aliphatic heterocycles. The van der Waals surface area contributed by atoms with Gasteiger partial charge in [-0.3, -0.25) is 4.57 Å². The van der Waals surface area contributed by atoms with Crippen LogP contribution >= 0.6 is 0 Å². The van der Waals surface area contributed by atoms with Crippen LogP contribution in [-0.2, 0) is 16.6 Å². The van der Waals surface area contributed by atoms with Crippen molar-refractivity contribution in [3.63, 3.8) is 0 Å². The zero-order valence-electron chi connectivity index (χ0n) is 19.3. The van der Waals surface area contributed by atoms with Crippen LogP contribution in [0.5, 0.6) is 5.75 Å². The van der Waals surface area contributed by atoms with Gasteiger partial charge in [0.2, 0.25) is 0 Å². The number of nitrogens with one attached hydrogen (secondary N) is 2. The Morgan fingerprint density at radius 1 is 1.15 bits per heavy atom.